The minimum absolute atomic E-state index is 0.0104. The molecule has 2 aliphatic heterocycles. The highest BCUT2D eigenvalue weighted by Crippen LogP contribution is 2.40. The number of ketones is 1. The summed E-state index contributed by atoms with van der Waals surface area (Å²) in [6, 6.07) is 8.32. The van der Waals surface area contributed by atoms with Gasteiger partial charge in [0.25, 0.3) is 0 Å². The van der Waals surface area contributed by atoms with Crippen LogP contribution in [-0.2, 0) is 16.0 Å². The molecule has 0 aliphatic carbocycles. The first-order valence-corrected chi connectivity index (χ1v) is 8.62. The molecule has 0 bridgehead atoms. The molecule has 2 saturated heterocycles. The molecule has 0 saturated carbocycles. The lowest BCUT2D eigenvalue weighted by atomic mass is 9.81. The average molecular weight is 290 g/mol. The summed E-state index contributed by atoms with van der Waals surface area (Å²) < 4.78 is 6.00. The monoisotopic (exact) mass is 290 g/mol. The van der Waals surface area contributed by atoms with Crippen LogP contribution in [0.5, 0.6) is 0 Å². The van der Waals surface area contributed by atoms with Gasteiger partial charge in [0.1, 0.15) is 5.78 Å². The van der Waals surface area contributed by atoms with Crippen LogP contribution < -0.4 is 0 Å². The zero-order valence-corrected chi connectivity index (χ0v) is 12.9. The van der Waals surface area contributed by atoms with Crippen molar-refractivity contribution in [2.45, 2.75) is 38.2 Å². The van der Waals surface area contributed by atoms with Crippen LogP contribution in [-0.4, -0.2) is 29.5 Å². The molecular weight excluding hydrogens is 268 g/mol. The number of ether oxygens (including phenoxy) is 1. The van der Waals surface area contributed by atoms with Crippen molar-refractivity contribution in [3.63, 3.8) is 0 Å². The number of carbonyl (C=O) groups is 1. The van der Waals surface area contributed by atoms with E-state index >= 15 is 0 Å². The minimum atomic E-state index is 0.0104. The minimum Gasteiger partial charge on any atom is -0.374 e. The second-order valence-electron chi connectivity index (χ2n) is 6.15. The van der Waals surface area contributed by atoms with E-state index in [1.54, 1.807) is 0 Å². The third-order valence-electron chi connectivity index (χ3n) is 4.51. The predicted molar refractivity (Wildman–Crippen MR) is 83.2 cm³/mol. The zero-order valence-electron chi connectivity index (χ0n) is 12.1. The van der Waals surface area contributed by atoms with Crippen LogP contribution in [0.1, 0.15) is 30.4 Å². The van der Waals surface area contributed by atoms with Crippen LogP contribution in [0.25, 0.3) is 0 Å². The van der Waals surface area contributed by atoms with Crippen molar-refractivity contribution in [2.24, 2.45) is 5.92 Å². The van der Waals surface area contributed by atoms with Crippen LogP contribution >= 0.6 is 11.8 Å². The molecule has 0 radical (unpaired) electrons. The molecule has 0 N–H and O–H groups in total. The van der Waals surface area contributed by atoms with Crippen LogP contribution in [0.3, 0.4) is 0 Å². The number of Topliss-reactive ketones (excluding diaryl/α,β-unsaturated/α-hetero) is 1. The molecule has 20 heavy (non-hydrogen) atoms. The largest absolute Gasteiger partial charge is 0.374 e. The summed E-state index contributed by atoms with van der Waals surface area (Å²) >= 11 is 1.96. The van der Waals surface area contributed by atoms with Crippen molar-refractivity contribution in [3.8, 4) is 0 Å². The normalized spacial score (nSPS) is 29.8. The number of benzene rings is 1. The van der Waals surface area contributed by atoms with Gasteiger partial charge in [-0.3, -0.25) is 4.79 Å². The van der Waals surface area contributed by atoms with Gasteiger partial charge in [0.2, 0.25) is 0 Å². The summed E-state index contributed by atoms with van der Waals surface area (Å²) in [5, 5.41) is 0. The third kappa shape index (κ3) is 3.09. The van der Waals surface area contributed by atoms with Crippen LogP contribution in [0, 0.1) is 12.8 Å². The average Bonchev–Trinajstić information content (AvgIpc) is 2.89. The van der Waals surface area contributed by atoms with Crippen molar-refractivity contribution in [1.82, 2.24) is 0 Å². The molecule has 1 aromatic rings. The molecule has 0 amide bonds. The van der Waals surface area contributed by atoms with E-state index in [9.17, 15) is 4.79 Å². The highest BCUT2D eigenvalue weighted by atomic mass is 32.2. The molecular formula is C17H22O2S. The summed E-state index contributed by atoms with van der Waals surface area (Å²) in [5.74, 6) is 2.84. The van der Waals surface area contributed by atoms with E-state index in [1.165, 1.54) is 11.3 Å². The molecule has 0 aromatic heterocycles. The third-order valence-corrected chi connectivity index (χ3v) is 5.74. The maximum Gasteiger partial charge on any atom is 0.140 e. The van der Waals surface area contributed by atoms with E-state index in [1.807, 2.05) is 11.8 Å². The zero-order chi connectivity index (χ0) is 14.0. The number of thioether (sulfide) groups is 1. The van der Waals surface area contributed by atoms with E-state index in [0.717, 1.165) is 37.2 Å². The summed E-state index contributed by atoms with van der Waals surface area (Å²) in [7, 11) is 0. The highest BCUT2D eigenvalue weighted by Gasteiger charge is 2.42. The van der Waals surface area contributed by atoms with Gasteiger partial charge in [-0.15, -0.1) is 0 Å². The lowest BCUT2D eigenvalue weighted by Crippen LogP contribution is -2.42. The van der Waals surface area contributed by atoms with E-state index in [2.05, 4.69) is 31.2 Å². The molecule has 2 nitrogen and oxygen atoms in total. The Labute approximate surface area is 125 Å². The second kappa shape index (κ2) is 5.90. The Morgan fingerprint density at radius 1 is 1.40 bits per heavy atom. The Bertz CT molecular complexity index is 474. The fraction of sp³-hybridized carbons (Fsp3) is 0.588. The highest BCUT2D eigenvalue weighted by molar-refractivity contribution is 7.99. The molecule has 2 fully saturated rings. The van der Waals surface area contributed by atoms with Gasteiger partial charge in [0, 0.05) is 24.7 Å². The van der Waals surface area contributed by atoms with Crippen LogP contribution in [0.4, 0.5) is 0 Å². The maximum absolute atomic E-state index is 12.5. The van der Waals surface area contributed by atoms with Crippen molar-refractivity contribution in [2.75, 3.05) is 18.1 Å². The number of aryl methyl sites for hydroxylation is 1. The van der Waals surface area contributed by atoms with Crippen molar-refractivity contribution in [3.05, 3.63) is 35.4 Å². The summed E-state index contributed by atoms with van der Waals surface area (Å²) in [5.41, 5.74) is 2.40. The molecule has 1 aromatic carbocycles. The van der Waals surface area contributed by atoms with Gasteiger partial charge in [0.05, 0.1) is 5.60 Å². The smallest absolute Gasteiger partial charge is 0.140 e. The van der Waals surface area contributed by atoms with Crippen molar-refractivity contribution in [1.29, 1.82) is 0 Å². The van der Waals surface area contributed by atoms with E-state index in [4.69, 9.17) is 4.74 Å². The van der Waals surface area contributed by atoms with Gasteiger partial charge in [-0.05, 0) is 37.5 Å². The first-order chi connectivity index (χ1) is 9.67. The second-order valence-corrected chi connectivity index (χ2v) is 7.26. The summed E-state index contributed by atoms with van der Waals surface area (Å²) in [6.07, 6.45) is 3.53. The molecule has 2 heterocycles. The Morgan fingerprint density at radius 3 is 2.90 bits per heavy atom. The lowest BCUT2D eigenvalue weighted by Gasteiger charge is -2.37. The van der Waals surface area contributed by atoms with Crippen molar-refractivity contribution >= 4 is 17.5 Å². The van der Waals surface area contributed by atoms with Gasteiger partial charge in [-0.25, -0.2) is 0 Å². The Hall–Kier alpha value is -0.800. The number of hydrogen-bond acceptors (Lipinski definition) is 3. The van der Waals surface area contributed by atoms with Gasteiger partial charge in [-0.2, -0.15) is 11.8 Å². The quantitative estimate of drug-likeness (QED) is 0.853. The fourth-order valence-electron chi connectivity index (χ4n) is 3.22. The van der Waals surface area contributed by atoms with Gasteiger partial charge in [0.15, 0.2) is 0 Å². The van der Waals surface area contributed by atoms with Gasteiger partial charge in [-0.1, -0.05) is 29.8 Å². The number of rotatable bonds is 3. The fourth-order valence-corrected chi connectivity index (χ4v) is 4.60. The van der Waals surface area contributed by atoms with Gasteiger partial charge < -0.3 is 4.74 Å². The molecule has 2 aliphatic rings. The molecule has 108 valence electrons. The van der Waals surface area contributed by atoms with E-state index in [-0.39, 0.29) is 11.5 Å². The van der Waals surface area contributed by atoms with Crippen molar-refractivity contribution < 1.29 is 9.53 Å². The Morgan fingerprint density at radius 2 is 2.20 bits per heavy atom. The summed E-state index contributed by atoms with van der Waals surface area (Å²) in [6.45, 7) is 2.83. The number of carbonyl (C=O) groups excluding carboxylic acids is 1. The van der Waals surface area contributed by atoms with Crippen LogP contribution in [0.15, 0.2) is 24.3 Å². The van der Waals surface area contributed by atoms with E-state index in [0.29, 0.717) is 12.2 Å². The predicted octanol–water partition coefficient (Wildman–Crippen LogP) is 3.41. The molecule has 3 heteroatoms. The molecule has 3 rings (SSSR count). The van der Waals surface area contributed by atoms with E-state index < -0.39 is 0 Å². The first-order valence-electron chi connectivity index (χ1n) is 7.47. The Kier molecular flexibility index (Phi) is 4.18. The topological polar surface area (TPSA) is 26.3 Å². The summed E-state index contributed by atoms with van der Waals surface area (Å²) in [4.78, 5) is 12.5. The lowest BCUT2D eigenvalue weighted by molar-refractivity contribution is -0.133. The molecule has 1 spiro atoms. The standard InChI is InChI=1S/C17H22O2S/c1-13-2-4-14(5-3-13)10-16(18)15-6-8-19-17(11-15)7-9-20-12-17/h2-5,15H,6-12H2,1H3. The van der Waals surface area contributed by atoms with Crippen LogP contribution in [0.2, 0.25) is 0 Å². The molecule has 2 atom stereocenters. The first kappa shape index (κ1) is 14.2. The maximum atomic E-state index is 12.5. The SMILES string of the molecule is Cc1ccc(CC(=O)C2CCOC3(CCSC3)C2)cc1. The Balaban J connectivity index is 1.63. The molecule has 2 unspecified atom stereocenters. The number of hydrogen-bond donors (Lipinski definition) is 0. The van der Waals surface area contributed by atoms with Gasteiger partial charge >= 0.3 is 0 Å².